The summed E-state index contributed by atoms with van der Waals surface area (Å²) in [7, 11) is 0. The minimum Gasteiger partial charge on any atom is -0.368 e. The number of hydrogen-bond donors (Lipinski definition) is 0. The topological polar surface area (TPSA) is 43.9 Å². The number of para-hydroxylation sites is 1. The monoisotopic (exact) mass is 437 g/mol. The van der Waals surface area contributed by atoms with Crippen molar-refractivity contribution in [2.45, 2.75) is 13.3 Å². The summed E-state index contributed by atoms with van der Waals surface area (Å²) in [5.41, 5.74) is 4.76. The molecule has 0 aliphatic carbocycles. The summed E-state index contributed by atoms with van der Waals surface area (Å²) in [6.07, 6.45) is 0.909. The summed E-state index contributed by atoms with van der Waals surface area (Å²) in [6.45, 7) is 5.04. The Morgan fingerprint density at radius 3 is 1.82 bits per heavy atom. The van der Waals surface area contributed by atoms with Crippen LogP contribution in [0.4, 0.5) is 11.4 Å². The summed E-state index contributed by atoms with van der Waals surface area (Å²) >= 11 is 0. The van der Waals surface area contributed by atoms with E-state index in [0.29, 0.717) is 30.0 Å². The lowest BCUT2D eigenvalue weighted by Gasteiger charge is -2.37. The maximum absolute atomic E-state index is 13.7. The zero-order chi connectivity index (χ0) is 22.8. The Balaban J connectivity index is 1.48. The first-order valence-corrected chi connectivity index (χ1v) is 11.5. The quantitative estimate of drug-likeness (QED) is 0.557. The molecule has 1 saturated heterocycles. The van der Waals surface area contributed by atoms with Gasteiger partial charge in [0.25, 0.3) is 11.8 Å². The molecule has 0 aromatic heterocycles. The predicted octanol–water partition coefficient (Wildman–Crippen LogP) is 4.36. The van der Waals surface area contributed by atoms with Gasteiger partial charge in [-0.1, -0.05) is 67.6 Å². The Labute approximate surface area is 194 Å². The van der Waals surface area contributed by atoms with Gasteiger partial charge in [0.05, 0.1) is 11.3 Å². The molecule has 0 saturated carbocycles. The molecule has 5 heteroatoms. The number of anilines is 2. The fourth-order valence-corrected chi connectivity index (χ4v) is 4.62. The molecular weight excluding hydrogens is 410 g/mol. The number of rotatable bonds is 5. The fraction of sp³-hybridized carbons (Fsp3) is 0.214. The van der Waals surface area contributed by atoms with Gasteiger partial charge >= 0.3 is 0 Å². The van der Waals surface area contributed by atoms with Gasteiger partial charge in [-0.15, -0.1) is 0 Å². The third kappa shape index (κ3) is 3.91. The first kappa shape index (κ1) is 21.0. The summed E-state index contributed by atoms with van der Waals surface area (Å²) in [6, 6.07) is 27.6. The number of carbonyl (C=O) groups excluding carboxylic acids is 2. The Morgan fingerprint density at radius 2 is 1.21 bits per heavy atom. The molecule has 0 atom stereocenters. The van der Waals surface area contributed by atoms with Gasteiger partial charge in [-0.25, -0.2) is 4.90 Å². The van der Waals surface area contributed by atoms with E-state index in [1.54, 1.807) is 0 Å². The molecule has 5 nitrogen and oxygen atoms in total. The minimum atomic E-state index is -0.254. The number of benzene rings is 3. The molecule has 2 aliphatic heterocycles. The van der Waals surface area contributed by atoms with E-state index in [0.717, 1.165) is 25.1 Å². The van der Waals surface area contributed by atoms with Crippen LogP contribution < -0.4 is 9.80 Å². The lowest BCUT2D eigenvalue weighted by Crippen LogP contribution is -2.47. The molecule has 2 aliphatic rings. The molecule has 0 radical (unpaired) electrons. The zero-order valence-corrected chi connectivity index (χ0v) is 18.8. The summed E-state index contributed by atoms with van der Waals surface area (Å²) in [5, 5.41) is 0. The van der Waals surface area contributed by atoms with Gasteiger partial charge in [0, 0.05) is 31.9 Å². The van der Waals surface area contributed by atoms with E-state index in [9.17, 15) is 9.59 Å². The van der Waals surface area contributed by atoms with Gasteiger partial charge in [-0.2, -0.15) is 0 Å². The standard InChI is InChI=1S/C28H27N3O2/c1-2-21-13-15-24(16-14-21)31-27(32)25(22-9-5-3-6-10-22)26(28(31)33)30-19-17-29(18-20-30)23-11-7-4-8-12-23/h3-16H,2,17-20H2,1H3. The number of aryl methyl sites for hydroxylation is 1. The van der Waals surface area contributed by atoms with E-state index < -0.39 is 0 Å². The van der Waals surface area contributed by atoms with Crippen molar-refractivity contribution in [3.8, 4) is 0 Å². The third-order valence-corrected chi connectivity index (χ3v) is 6.44. The van der Waals surface area contributed by atoms with Crippen LogP contribution in [0.15, 0.2) is 90.6 Å². The van der Waals surface area contributed by atoms with E-state index in [4.69, 9.17) is 0 Å². The molecule has 5 rings (SSSR count). The van der Waals surface area contributed by atoms with Crippen molar-refractivity contribution in [2.75, 3.05) is 36.0 Å². The van der Waals surface area contributed by atoms with E-state index in [1.807, 2.05) is 72.8 Å². The van der Waals surface area contributed by atoms with Crippen LogP contribution in [-0.4, -0.2) is 42.9 Å². The third-order valence-electron chi connectivity index (χ3n) is 6.44. The number of hydrogen-bond acceptors (Lipinski definition) is 4. The summed E-state index contributed by atoms with van der Waals surface area (Å²) in [4.78, 5) is 33.1. The lowest BCUT2D eigenvalue weighted by atomic mass is 10.0. The van der Waals surface area contributed by atoms with Crippen molar-refractivity contribution in [3.63, 3.8) is 0 Å². The molecule has 33 heavy (non-hydrogen) atoms. The molecule has 3 aromatic rings. The maximum Gasteiger partial charge on any atom is 0.282 e. The second kappa shape index (κ2) is 8.94. The van der Waals surface area contributed by atoms with Gasteiger partial charge in [0.2, 0.25) is 0 Å². The van der Waals surface area contributed by atoms with Crippen LogP contribution in [0, 0.1) is 0 Å². The number of nitrogens with zero attached hydrogens (tertiary/aromatic N) is 3. The molecular formula is C28H27N3O2. The molecule has 0 unspecified atom stereocenters. The summed E-state index contributed by atoms with van der Waals surface area (Å²) < 4.78 is 0. The van der Waals surface area contributed by atoms with E-state index >= 15 is 0 Å². The molecule has 3 aromatic carbocycles. The molecule has 0 N–H and O–H groups in total. The van der Waals surface area contributed by atoms with Crippen molar-refractivity contribution in [2.24, 2.45) is 0 Å². The van der Waals surface area contributed by atoms with E-state index in [1.165, 1.54) is 16.2 Å². The van der Waals surface area contributed by atoms with E-state index in [-0.39, 0.29) is 11.8 Å². The van der Waals surface area contributed by atoms with Crippen molar-refractivity contribution < 1.29 is 9.59 Å². The number of imide groups is 1. The van der Waals surface area contributed by atoms with Gasteiger partial charge < -0.3 is 9.80 Å². The smallest absolute Gasteiger partial charge is 0.282 e. The molecule has 0 spiro atoms. The molecule has 2 heterocycles. The predicted molar refractivity (Wildman–Crippen MR) is 132 cm³/mol. The maximum atomic E-state index is 13.7. The molecule has 0 bridgehead atoms. The molecule has 166 valence electrons. The van der Waals surface area contributed by atoms with Crippen molar-refractivity contribution in [3.05, 3.63) is 102 Å². The Hall–Kier alpha value is -3.86. The van der Waals surface area contributed by atoms with Crippen LogP contribution in [0.25, 0.3) is 5.57 Å². The zero-order valence-electron chi connectivity index (χ0n) is 18.8. The number of carbonyl (C=O) groups is 2. The number of amides is 2. The van der Waals surface area contributed by atoms with Crippen LogP contribution in [0.3, 0.4) is 0 Å². The van der Waals surface area contributed by atoms with Crippen LogP contribution in [0.1, 0.15) is 18.1 Å². The van der Waals surface area contributed by atoms with Crippen molar-refractivity contribution in [1.82, 2.24) is 4.90 Å². The number of piperazine rings is 1. The molecule has 1 fully saturated rings. The van der Waals surface area contributed by atoms with E-state index in [2.05, 4.69) is 28.9 Å². The SMILES string of the molecule is CCc1ccc(N2C(=O)C(c3ccccc3)=C(N3CCN(c4ccccc4)CC3)C2=O)cc1. The fourth-order valence-electron chi connectivity index (χ4n) is 4.62. The van der Waals surface area contributed by atoms with Crippen LogP contribution in [0.5, 0.6) is 0 Å². The highest BCUT2D eigenvalue weighted by molar-refractivity contribution is 6.45. The highest BCUT2D eigenvalue weighted by Crippen LogP contribution is 2.35. The average molecular weight is 438 g/mol. The second-order valence-corrected chi connectivity index (χ2v) is 8.36. The lowest BCUT2D eigenvalue weighted by molar-refractivity contribution is -0.120. The van der Waals surface area contributed by atoms with Gasteiger partial charge in [0.15, 0.2) is 0 Å². The highest BCUT2D eigenvalue weighted by atomic mass is 16.2. The average Bonchev–Trinajstić information content (AvgIpc) is 3.15. The first-order chi connectivity index (χ1) is 16.2. The van der Waals surface area contributed by atoms with Crippen molar-refractivity contribution in [1.29, 1.82) is 0 Å². The van der Waals surface area contributed by atoms with Crippen LogP contribution in [0.2, 0.25) is 0 Å². The second-order valence-electron chi connectivity index (χ2n) is 8.36. The normalized spacial score (nSPS) is 16.7. The van der Waals surface area contributed by atoms with Gasteiger partial charge in [-0.05, 0) is 41.8 Å². The Bertz CT molecular complexity index is 1180. The largest absolute Gasteiger partial charge is 0.368 e. The van der Waals surface area contributed by atoms with Crippen LogP contribution in [-0.2, 0) is 16.0 Å². The van der Waals surface area contributed by atoms with Crippen LogP contribution >= 0.6 is 0 Å². The van der Waals surface area contributed by atoms with Crippen molar-refractivity contribution >= 4 is 28.8 Å². The summed E-state index contributed by atoms with van der Waals surface area (Å²) in [5.74, 6) is -0.493. The minimum absolute atomic E-state index is 0.240. The highest BCUT2D eigenvalue weighted by Gasteiger charge is 2.43. The van der Waals surface area contributed by atoms with Gasteiger partial charge in [-0.3, -0.25) is 9.59 Å². The molecule has 2 amide bonds. The first-order valence-electron chi connectivity index (χ1n) is 11.5. The Kier molecular flexibility index (Phi) is 5.69. The van der Waals surface area contributed by atoms with Gasteiger partial charge in [0.1, 0.15) is 5.70 Å². The Morgan fingerprint density at radius 1 is 0.636 bits per heavy atom.